The number of likely N-dealkylation sites (tertiary alicyclic amines) is 1. The van der Waals surface area contributed by atoms with Crippen molar-refractivity contribution in [3.8, 4) is 0 Å². The molecular weight excluding hydrogens is 348 g/mol. The summed E-state index contributed by atoms with van der Waals surface area (Å²) in [7, 11) is 3.86. The smallest absolute Gasteiger partial charge is 0.243 e. The second-order valence-corrected chi connectivity index (χ2v) is 8.25. The van der Waals surface area contributed by atoms with E-state index in [0.29, 0.717) is 6.54 Å². The van der Waals surface area contributed by atoms with Gasteiger partial charge in [0, 0.05) is 39.6 Å². The molecule has 1 aliphatic carbocycles. The fraction of sp³-hybridized carbons (Fsp3) is 0.458. The van der Waals surface area contributed by atoms with Gasteiger partial charge in [0.05, 0.1) is 6.10 Å². The Morgan fingerprint density at radius 2 is 1.75 bits per heavy atom. The summed E-state index contributed by atoms with van der Waals surface area (Å²) in [5.74, 6) is 0.254. The van der Waals surface area contributed by atoms with Crippen LogP contribution in [-0.4, -0.2) is 54.6 Å². The van der Waals surface area contributed by atoms with E-state index in [1.807, 2.05) is 11.0 Å². The first-order valence-corrected chi connectivity index (χ1v) is 10.3. The van der Waals surface area contributed by atoms with Crippen molar-refractivity contribution in [1.29, 1.82) is 0 Å². The molecule has 4 rings (SSSR count). The number of ether oxygens (including phenoxy) is 1. The molecule has 0 N–H and O–H groups in total. The van der Waals surface area contributed by atoms with Gasteiger partial charge in [-0.15, -0.1) is 0 Å². The third kappa shape index (κ3) is 3.59. The second kappa shape index (κ2) is 8.06. The molecule has 4 nitrogen and oxygen atoms in total. The number of carbonyl (C=O) groups is 1. The van der Waals surface area contributed by atoms with Crippen molar-refractivity contribution in [2.24, 2.45) is 0 Å². The maximum Gasteiger partial charge on any atom is 0.243 e. The van der Waals surface area contributed by atoms with Crippen molar-refractivity contribution in [3.63, 3.8) is 0 Å². The number of likely N-dealkylation sites (N-methyl/N-ethyl adjacent to an activating group) is 1. The lowest BCUT2D eigenvalue weighted by atomic mass is 9.90. The Balaban J connectivity index is 1.63. The van der Waals surface area contributed by atoms with Gasteiger partial charge in [-0.3, -0.25) is 9.69 Å². The molecule has 2 aliphatic rings. The largest absolute Gasteiger partial charge is 0.380 e. The minimum atomic E-state index is -0.519. The summed E-state index contributed by atoms with van der Waals surface area (Å²) in [5.41, 5.74) is 3.32. The molecule has 1 fully saturated rings. The van der Waals surface area contributed by atoms with Crippen LogP contribution < -0.4 is 0 Å². The van der Waals surface area contributed by atoms with Crippen molar-refractivity contribution >= 4 is 5.91 Å². The Morgan fingerprint density at radius 3 is 2.39 bits per heavy atom. The number of piperidine rings is 1. The average Bonchev–Trinajstić information content (AvgIpc) is 3.15. The Bertz CT molecular complexity index is 795. The number of amides is 1. The molecular formula is C24H30N2O2. The molecule has 0 bridgehead atoms. The number of hydrogen-bond donors (Lipinski definition) is 0. The topological polar surface area (TPSA) is 32.8 Å². The summed E-state index contributed by atoms with van der Waals surface area (Å²) in [5, 5.41) is 0. The monoisotopic (exact) mass is 378 g/mol. The maximum absolute atomic E-state index is 13.9. The first kappa shape index (κ1) is 19.2. The summed E-state index contributed by atoms with van der Waals surface area (Å²) in [6.07, 6.45) is 3.75. The third-order valence-electron chi connectivity index (χ3n) is 6.47. The van der Waals surface area contributed by atoms with Crippen LogP contribution in [0.25, 0.3) is 0 Å². The standard InChI is InChI=1S/C24H30N2O2/c1-25(17-19-9-4-3-5-10-19)24(15-20-11-6-7-12-21(20)16-24)23(27)26-14-8-13-22(18-26)28-2/h3-7,9-12,22H,8,13-18H2,1-2H3. The molecule has 1 heterocycles. The van der Waals surface area contributed by atoms with Crippen LogP contribution in [0.3, 0.4) is 0 Å². The lowest BCUT2D eigenvalue weighted by Crippen LogP contribution is -2.61. The van der Waals surface area contributed by atoms with Crippen molar-refractivity contribution in [2.75, 3.05) is 27.2 Å². The predicted molar refractivity (Wildman–Crippen MR) is 111 cm³/mol. The Morgan fingerprint density at radius 1 is 1.11 bits per heavy atom. The number of nitrogens with zero attached hydrogens (tertiary/aromatic N) is 2. The molecule has 0 radical (unpaired) electrons. The highest BCUT2D eigenvalue weighted by atomic mass is 16.5. The van der Waals surface area contributed by atoms with Gasteiger partial charge in [-0.1, -0.05) is 54.6 Å². The normalized spacial score (nSPS) is 21.0. The van der Waals surface area contributed by atoms with Crippen LogP contribution in [0.4, 0.5) is 0 Å². The van der Waals surface area contributed by atoms with E-state index in [0.717, 1.165) is 38.8 Å². The Kier molecular flexibility index (Phi) is 5.51. The van der Waals surface area contributed by atoms with Crippen LogP contribution in [0, 0.1) is 0 Å². The van der Waals surface area contributed by atoms with Gasteiger partial charge in [0.25, 0.3) is 0 Å². The van der Waals surface area contributed by atoms with Crippen molar-refractivity contribution in [3.05, 3.63) is 71.3 Å². The van der Waals surface area contributed by atoms with Gasteiger partial charge < -0.3 is 9.64 Å². The Labute approximate surface area is 168 Å². The van der Waals surface area contributed by atoms with E-state index in [1.54, 1.807) is 7.11 Å². The molecule has 0 spiro atoms. The lowest BCUT2D eigenvalue weighted by molar-refractivity contribution is -0.147. The summed E-state index contributed by atoms with van der Waals surface area (Å²) in [6, 6.07) is 19.0. The first-order chi connectivity index (χ1) is 13.6. The molecule has 2 aromatic rings. The SMILES string of the molecule is COC1CCCN(C(=O)C2(N(C)Cc3ccccc3)Cc3ccccc3C2)C1. The highest BCUT2D eigenvalue weighted by Crippen LogP contribution is 2.37. The molecule has 1 atom stereocenters. The summed E-state index contributed by atoms with van der Waals surface area (Å²) < 4.78 is 5.58. The summed E-state index contributed by atoms with van der Waals surface area (Å²) in [4.78, 5) is 18.2. The zero-order chi connectivity index (χ0) is 19.6. The number of hydrogen-bond acceptors (Lipinski definition) is 3. The zero-order valence-electron chi connectivity index (χ0n) is 16.9. The van der Waals surface area contributed by atoms with E-state index in [-0.39, 0.29) is 12.0 Å². The van der Waals surface area contributed by atoms with Crippen molar-refractivity contribution in [1.82, 2.24) is 9.80 Å². The lowest BCUT2D eigenvalue weighted by Gasteiger charge is -2.43. The molecule has 0 aromatic heterocycles. The van der Waals surface area contributed by atoms with Gasteiger partial charge in [-0.2, -0.15) is 0 Å². The summed E-state index contributed by atoms with van der Waals surface area (Å²) in [6.45, 7) is 2.30. The highest BCUT2D eigenvalue weighted by molar-refractivity contribution is 5.88. The minimum Gasteiger partial charge on any atom is -0.380 e. The maximum atomic E-state index is 13.9. The van der Waals surface area contributed by atoms with E-state index < -0.39 is 5.54 Å². The van der Waals surface area contributed by atoms with Gasteiger partial charge >= 0.3 is 0 Å². The molecule has 1 aliphatic heterocycles. The molecule has 1 saturated heterocycles. The van der Waals surface area contributed by atoms with Crippen LogP contribution in [0.15, 0.2) is 54.6 Å². The fourth-order valence-electron chi connectivity index (χ4n) is 4.80. The second-order valence-electron chi connectivity index (χ2n) is 8.25. The van der Waals surface area contributed by atoms with E-state index in [4.69, 9.17) is 4.74 Å². The number of carbonyl (C=O) groups excluding carboxylic acids is 1. The van der Waals surface area contributed by atoms with Crippen LogP contribution in [0.5, 0.6) is 0 Å². The van der Waals surface area contributed by atoms with Crippen LogP contribution in [-0.2, 0) is 28.9 Å². The van der Waals surface area contributed by atoms with Gasteiger partial charge in [0.1, 0.15) is 5.54 Å². The highest BCUT2D eigenvalue weighted by Gasteiger charge is 2.49. The average molecular weight is 379 g/mol. The third-order valence-corrected chi connectivity index (χ3v) is 6.47. The van der Waals surface area contributed by atoms with E-state index >= 15 is 0 Å². The minimum absolute atomic E-state index is 0.151. The van der Waals surface area contributed by atoms with Crippen LogP contribution >= 0.6 is 0 Å². The van der Waals surface area contributed by atoms with Gasteiger partial charge in [0.2, 0.25) is 5.91 Å². The molecule has 1 unspecified atom stereocenters. The molecule has 28 heavy (non-hydrogen) atoms. The van der Waals surface area contributed by atoms with Crippen LogP contribution in [0.1, 0.15) is 29.5 Å². The number of benzene rings is 2. The zero-order valence-corrected chi connectivity index (χ0v) is 16.9. The van der Waals surface area contributed by atoms with E-state index in [9.17, 15) is 4.79 Å². The molecule has 2 aromatic carbocycles. The van der Waals surface area contributed by atoms with Gasteiger partial charge in [0.15, 0.2) is 0 Å². The van der Waals surface area contributed by atoms with Gasteiger partial charge in [-0.05, 0) is 36.6 Å². The first-order valence-electron chi connectivity index (χ1n) is 10.3. The quantitative estimate of drug-likeness (QED) is 0.800. The van der Waals surface area contributed by atoms with Crippen LogP contribution in [0.2, 0.25) is 0 Å². The number of rotatable bonds is 5. The van der Waals surface area contributed by atoms with Crippen molar-refractivity contribution < 1.29 is 9.53 Å². The van der Waals surface area contributed by atoms with Crippen molar-refractivity contribution in [2.45, 2.75) is 43.9 Å². The predicted octanol–water partition coefficient (Wildman–Crippen LogP) is 3.29. The van der Waals surface area contributed by atoms with E-state index in [1.165, 1.54) is 16.7 Å². The number of fused-ring (bicyclic) bond motifs is 1. The molecule has 0 saturated carbocycles. The summed E-state index contributed by atoms with van der Waals surface area (Å²) >= 11 is 0. The number of methoxy groups -OCH3 is 1. The van der Waals surface area contributed by atoms with E-state index in [2.05, 4.69) is 60.5 Å². The molecule has 148 valence electrons. The molecule has 1 amide bonds. The van der Waals surface area contributed by atoms with Gasteiger partial charge in [-0.25, -0.2) is 0 Å². The fourth-order valence-corrected chi connectivity index (χ4v) is 4.80. The molecule has 4 heteroatoms. The Hall–Kier alpha value is -2.17.